The maximum absolute atomic E-state index is 6.00. The number of halogens is 1. The Kier molecular flexibility index (Phi) is 3.48. The average molecular weight is 326 g/mol. The summed E-state index contributed by atoms with van der Waals surface area (Å²) in [5.41, 5.74) is 2.98. The number of pyridine rings is 2. The second kappa shape index (κ2) is 5.63. The third kappa shape index (κ3) is 2.56. The molecule has 0 radical (unpaired) electrons. The van der Waals surface area contributed by atoms with Crippen molar-refractivity contribution in [2.45, 2.75) is 10.6 Å². The van der Waals surface area contributed by atoms with E-state index in [1.807, 2.05) is 41.2 Å². The molecule has 0 N–H and O–H groups in total. The molecule has 5 heteroatoms. The van der Waals surface area contributed by atoms with Crippen molar-refractivity contribution in [2.75, 3.05) is 0 Å². The highest BCUT2D eigenvalue weighted by Crippen LogP contribution is 2.28. The standard InChI is InChI=1S/C17H12ClN3S/c18-13-6-7-16-20-14(10-21(16)9-13)11-22-15-5-1-3-12-4-2-8-19-17(12)15/h1-10H,11H2. The first-order chi connectivity index (χ1) is 10.8. The predicted octanol–water partition coefficient (Wildman–Crippen LogP) is 4.83. The second-order valence-corrected chi connectivity index (χ2v) is 6.42. The first-order valence-corrected chi connectivity index (χ1v) is 8.26. The maximum Gasteiger partial charge on any atom is 0.137 e. The van der Waals surface area contributed by atoms with Crippen molar-refractivity contribution in [1.82, 2.24) is 14.4 Å². The molecule has 0 unspecified atom stereocenters. The Hall–Kier alpha value is -2.04. The number of thioether (sulfide) groups is 1. The highest BCUT2D eigenvalue weighted by molar-refractivity contribution is 7.98. The van der Waals surface area contributed by atoms with Crippen LogP contribution < -0.4 is 0 Å². The van der Waals surface area contributed by atoms with Gasteiger partial charge in [0.05, 0.1) is 16.2 Å². The molecule has 22 heavy (non-hydrogen) atoms. The van der Waals surface area contributed by atoms with Crippen molar-refractivity contribution >= 4 is 39.9 Å². The van der Waals surface area contributed by atoms with Crippen LogP contribution in [0.25, 0.3) is 16.6 Å². The molecule has 3 nitrogen and oxygen atoms in total. The molecule has 1 aromatic carbocycles. The molecule has 0 saturated heterocycles. The van der Waals surface area contributed by atoms with Gasteiger partial charge in [0.1, 0.15) is 5.65 Å². The fourth-order valence-electron chi connectivity index (χ4n) is 2.43. The molecular formula is C17H12ClN3S. The molecule has 3 heterocycles. The topological polar surface area (TPSA) is 30.2 Å². The molecule has 3 aromatic heterocycles. The molecular weight excluding hydrogens is 314 g/mol. The minimum absolute atomic E-state index is 0.711. The van der Waals surface area contributed by atoms with Gasteiger partial charge in [-0.3, -0.25) is 4.98 Å². The molecule has 0 bridgehead atoms. The molecule has 0 aliphatic carbocycles. The Morgan fingerprint density at radius 1 is 1.05 bits per heavy atom. The molecule has 0 amide bonds. The van der Waals surface area contributed by atoms with Crippen LogP contribution >= 0.6 is 23.4 Å². The number of aromatic nitrogens is 3. The Morgan fingerprint density at radius 3 is 2.91 bits per heavy atom. The summed E-state index contributed by atoms with van der Waals surface area (Å²) in [4.78, 5) is 10.3. The summed E-state index contributed by atoms with van der Waals surface area (Å²) in [6, 6.07) is 14.1. The van der Waals surface area contributed by atoms with E-state index in [-0.39, 0.29) is 0 Å². The van der Waals surface area contributed by atoms with E-state index in [0.717, 1.165) is 28.0 Å². The molecule has 0 fully saturated rings. The summed E-state index contributed by atoms with van der Waals surface area (Å²) < 4.78 is 1.96. The maximum atomic E-state index is 6.00. The number of imidazole rings is 1. The van der Waals surface area contributed by atoms with E-state index in [4.69, 9.17) is 11.6 Å². The summed E-state index contributed by atoms with van der Waals surface area (Å²) in [5, 5.41) is 1.87. The van der Waals surface area contributed by atoms with Crippen LogP contribution in [0.2, 0.25) is 5.02 Å². The number of hydrogen-bond donors (Lipinski definition) is 0. The Balaban J connectivity index is 1.62. The Morgan fingerprint density at radius 2 is 1.95 bits per heavy atom. The highest BCUT2D eigenvalue weighted by atomic mass is 35.5. The monoisotopic (exact) mass is 325 g/mol. The average Bonchev–Trinajstić information content (AvgIpc) is 2.95. The fraction of sp³-hybridized carbons (Fsp3) is 0.0588. The first kappa shape index (κ1) is 13.6. The van der Waals surface area contributed by atoms with Crippen LogP contribution in [0, 0.1) is 0 Å². The van der Waals surface area contributed by atoms with Crippen LogP contribution in [-0.4, -0.2) is 14.4 Å². The molecule has 0 aliphatic heterocycles. The van der Waals surface area contributed by atoms with Crippen LogP contribution in [0.5, 0.6) is 0 Å². The first-order valence-electron chi connectivity index (χ1n) is 6.89. The lowest BCUT2D eigenvalue weighted by Crippen LogP contribution is -1.84. The van der Waals surface area contributed by atoms with Gasteiger partial charge in [-0.25, -0.2) is 4.98 Å². The van der Waals surface area contributed by atoms with Gasteiger partial charge in [0, 0.05) is 34.6 Å². The number of para-hydroxylation sites is 1. The number of rotatable bonds is 3. The normalized spacial score (nSPS) is 11.3. The number of nitrogens with zero attached hydrogens (tertiary/aromatic N) is 3. The molecule has 4 aromatic rings. The summed E-state index contributed by atoms with van der Waals surface area (Å²) >= 11 is 7.76. The van der Waals surface area contributed by atoms with Crippen molar-refractivity contribution in [3.63, 3.8) is 0 Å². The van der Waals surface area contributed by atoms with Gasteiger partial charge in [-0.1, -0.05) is 29.8 Å². The van der Waals surface area contributed by atoms with Gasteiger partial charge in [0.15, 0.2) is 0 Å². The van der Waals surface area contributed by atoms with Crippen LogP contribution in [-0.2, 0) is 5.75 Å². The molecule has 0 atom stereocenters. The van der Waals surface area contributed by atoms with Crippen molar-refractivity contribution < 1.29 is 0 Å². The lowest BCUT2D eigenvalue weighted by atomic mass is 10.2. The number of benzene rings is 1. The predicted molar refractivity (Wildman–Crippen MR) is 91.5 cm³/mol. The van der Waals surface area contributed by atoms with Gasteiger partial charge in [-0.05, 0) is 24.3 Å². The van der Waals surface area contributed by atoms with Crippen LogP contribution in [0.15, 0.2) is 66.0 Å². The van der Waals surface area contributed by atoms with E-state index in [0.29, 0.717) is 5.02 Å². The lowest BCUT2D eigenvalue weighted by molar-refractivity contribution is 1.18. The third-order valence-electron chi connectivity index (χ3n) is 3.44. The van der Waals surface area contributed by atoms with Crippen molar-refractivity contribution in [2.24, 2.45) is 0 Å². The zero-order valence-electron chi connectivity index (χ0n) is 11.6. The number of fused-ring (bicyclic) bond motifs is 2. The van der Waals surface area contributed by atoms with Gasteiger partial charge >= 0.3 is 0 Å². The lowest BCUT2D eigenvalue weighted by Gasteiger charge is -2.03. The largest absolute Gasteiger partial charge is 0.305 e. The molecule has 0 saturated carbocycles. The quantitative estimate of drug-likeness (QED) is 0.505. The van der Waals surface area contributed by atoms with E-state index in [9.17, 15) is 0 Å². The van der Waals surface area contributed by atoms with E-state index in [2.05, 4.69) is 34.2 Å². The van der Waals surface area contributed by atoms with E-state index in [1.165, 1.54) is 4.90 Å². The van der Waals surface area contributed by atoms with Gasteiger partial charge in [0.25, 0.3) is 0 Å². The Bertz CT molecular complexity index is 959. The molecule has 0 spiro atoms. The van der Waals surface area contributed by atoms with Gasteiger partial charge in [-0.15, -0.1) is 11.8 Å². The van der Waals surface area contributed by atoms with E-state index < -0.39 is 0 Å². The van der Waals surface area contributed by atoms with Crippen LogP contribution in [0.3, 0.4) is 0 Å². The smallest absolute Gasteiger partial charge is 0.137 e. The second-order valence-electron chi connectivity index (χ2n) is 4.96. The zero-order chi connectivity index (χ0) is 14.9. The van der Waals surface area contributed by atoms with Crippen molar-refractivity contribution in [3.8, 4) is 0 Å². The SMILES string of the molecule is Clc1ccc2nc(CSc3cccc4cccnc34)cn2c1. The van der Waals surface area contributed by atoms with Crippen LogP contribution in [0.4, 0.5) is 0 Å². The van der Waals surface area contributed by atoms with Crippen molar-refractivity contribution in [3.05, 3.63) is 71.8 Å². The van der Waals surface area contributed by atoms with Gasteiger partial charge in [0.2, 0.25) is 0 Å². The summed E-state index contributed by atoms with van der Waals surface area (Å²) in [6.07, 6.45) is 5.73. The summed E-state index contributed by atoms with van der Waals surface area (Å²) in [6.45, 7) is 0. The summed E-state index contributed by atoms with van der Waals surface area (Å²) in [5.74, 6) is 0.801. The summed E-state index contributed by atoms with van der Waals surface area (Å²) in [7, 11) is 0. The van der Waals surface area contributed by atoms with Crippen LogP contribution in [0.1, 0.15) is 5.69 Å². The minimum Gasteiger partial charge on any atom is -0.305 e. The third-order valence-corrected chi connectivity index (χ3v) is 4.74. The van der Waals surface area contributed by atoms with Gasteiger partial charge < -0.3 is 4.40 Å². The molecule has 4 rings (SSSR count). The minimum atomic E-state index is 0.711. The molecule has 108 valence electrons. The number of hydrogen-bond acceptors (Lipinski definition) is 3. The fourth-order valence-corrected chi connectivity index (χ4v) is 3.52. The molecule has 0 aliphatic rings. The van der Waals surface area contributed by atoms with E-state index >= 15 is 0 Å². The van der Waals surface area contributed by atoms with E-state index in [1.54, 1.807) is 11.8 Å². The Labute approximate surface area is 137 Å². The zero-order valence-corrected chi connectivity index (χ0v) is 13.2. The highest BCUT2D eigenvalue weighted by Gasteiger charge is 2.06. The van der Waals surface area contributed by atoms with Crippen molar-refractivity contribution in [1.29, 1.82) is 0 Å². The van der Waals surface area contributed by atoms with Gasteiger partial charge in [-0.2, -0.15) is 0 Å².